The van der Waals surface area contributed by atoms with Crippen LogP contribution in [0.2, 0.25) is 0 Å². The molecule has 0 saturated carbocycles. The monoisotopic (exact) mass is 256 g/mol. The van der Waals surface area contributed by atoms with Gasteiger partial charge in [-0.25, -0.2) is 0 Å². The zero-order valence-electron chi connectivity index (χ0n) is 12.9. The molecule has 0 aliphatic carbocycles. The maximum absolute atomic E-state index is 6.05. The third-order valence-electron chi connectivity index (χ3n) is 4.19. The molecule has 18 heavy (non-hydrogen) atoms. The molecule has 4 heteroatoms. The molecule has 1 atom stereocenters. The van der Waals surface area contributed by atoms with E-state index < -0.39 is 0 Å². The highest BCUT2D eigenvalue weighted by atomic mass is 15.3. The van der Waals surface area contributed by atoms with Crippen molar-refractivity contribution in [3.63, 3.8) is 0 Å². The summed E-state index contributed by atoms with van der Waals surface area (Å²) in [5, 5.41) is 0. The Balaban J connectivity index is 2.27. The van der Waals surface area contributed by atoms with E-state index in [9.17, 15) is 0 Å². The van der Waals surface area contributed by atoms with Gasteiger partial charge in [0.05, 0.1) is 0 Å². The lowest BCUT2D eigenvalue weighted by atomic mass is 9.85. The van der Waals surface area contributed by atoms with Gasteiger partial charge in [-0.3, -0.25) is 4.90 Å². The van der Waals surface area contributed by atoms with Crippen molar-refractivity contribution in [2.24, 2.45) is 11.1 Å². The highest BCUT2D eigenvalue weighted by Gasteiger charge is 2.27. The second-order valence-electron chi connectivity index (χ2n) is 6.70. The van der Waals surface area contributed by atoms with Crippen molar-refractivity contribution in [1.29, 1.82) is 0 Å². The van der Waals surface area contributed by atoms with Gasteiger partial charge < -0.3 is 15.5 Å². The predicted octanol–water partition coefficient (Wildman–Crippen LogP) is 0.539. The summed E-state index contributed by atoms with van der Waals surface area (Å²) in [4.78, 5) is 7.39. The molecule has 1 fully saturated rings. The minimum Gasteiger partial charge on any atom is -0.327 e. The van der Waals surface area contributed by atoms with E-state index in [1.807, 2.05) is 0 Å². The fourth-order valence-corrected chi connectivity index (χ4v) is 2.23. The summed E-state index contributed by atoms with van der Waals surface area (Å²) in [6, 6.07) is 0.254. The van der Waals surface area contributed by atoms with E-state index in [0.29, 0.717) is 0 Å². The standard InChI is InChI=1S/C14H32N4/c1-13(15)14(2,3)12-18-10-8-17(9-11-18)7-6-16(4)5/h13H,6-12,15H2,1-5H3. The average Bonchev–Trinajstić information content (AvgIpc) is 2.27. The molecule has 0 amide bonds. The van der Waals surface area contributed by atoms with Crippen molar-refractivity contribution in [3.05, 3.63) is 0 Å². The Hall–Kier alpha value is -0.160. The van der Waals surface area contributed by atoms with Gasteiger partial charge in [0.15, 0.2) is 0 Å². The number of nitrogens with two attached hydrogens (primary N) is 1. The Bertz CT molecular complexity index is 230. The van der Waals surface area contributed by atoms with Crippen molar-refractivity contribution < 1.29 is 0 Å². The van der Waals surface area contributed by atoms with Crippen LogP contribution in [-0.2, 0) is 0 Å². The molecule has 108 valence electrons. The van der Waals surface area contributed by atoms with Gasteiger partial charge in [-0.15, -0.1) is 0 Å². The molecule has 0 bridgehead atoms. The third kappa shape index (κ3) is 5.22. The molecule has 1 aliphatic heterocycles. The predicted molar refractivity (Wildman–Crippen MR) is 78.9 cm³/mol. The minimum atomic E-state index is 0.214. The highest BCUT2D eigenvalue weighted by molar-refractivity contribution is 4.83. The van der Waals surface area contributed by atoms with E-state index in [1.165, 1.54) is 32.7 Å². The van der Waals surface area contributed by atoms with Crippen molar-refractivity contribution in [2.45, 2.75) is 26.8 Å². The largest absolute Gasteiger partial charge is 0.327 e. The topological polar surface area (TPSA) is 35.7 Å². The summed E-state index contributed by atoms with van der Waals surface area (Å²) < 4.78 is 0. The Kier molecular flexibility index (Phi) is 6.05. The first-order chi connectivity index (χ1) is 8.31. The van der Waals surface area contributed by atoms with Crippen LogP contribution >= 0.6 is 0 Å². The van der Waals surface area contributed by atoms with Gasteiger partial charge in [0.1, 0.15) is 0 Å². The van der Waals surface area contributed by atoms with Crippen LogP contribution in [0.3, 0.4) is 0 Å². The maximum atomic E-state index is 6.05. The van der Waals surface area contributed by atoms with Crippen LogP contribution in [0.25, 0.3) is 0 Å². The number of hydrogen-bond donors (Lipinski definition) is 1. The molecule has 0 aromatic carbocycles. The number of piperazine rings is 1. The van der Waals surface area contributed by atoms with Crippen LogP contribution in [0.15, 0.2) is 0 Å². The van der Waals surface area contributed by atoms with E-state index >= 15 is 0 Å². The Morgan fingerprint density at radius 1 is 1.11 bits per heavy atom. The van der Waals surface area contributed by atoms with Crippen LogP contribution in [0.4, 0.5) is 0 Å². The lowest BCUT2D eigenvalue weighted by Gasteiger charge is -2.40. The van der Waals surface area contributed by atoms with Crippen molar-refractivity contribution in [3.8, 4) is 0 Å². The normalized spacial score (nSPS) is 21.5. The first-order valence-electron chi connectivity index (χ1n) is 7.16. The van der Waals surface area contributed by atoms with Crippen molar-refractivity contribution in [2.75, 3.05) is 59.9 Å². The molecule has 1 rings (SSSR count). The van der Waals surface area contributed by atoms with Crippen LogP contribution in [-0.4, -0.2) is 80.7 Å². The Morgan fingerprint density at radius 2 is 1.61 bits per heavy atom. The summed E-state index contributed by atoms with van der Waals surface area (Å²) >= 11 is 0. The summed E-state index contributed by atoms with van der Waals surface area (Å²) in [7, 11) is 4.28. The number of likely N-dealkylation sites (N-methyl/N-ethyl adjacent to an activating group) is 1. The van der Waals surface area contributed by atoms with Gasteiger partial charge in [0, 0.05) is 51.9 Å². The molecule has 0 aromatic rings. The van der Waals surface area contributed by atoms with E-state index in [4.69, 9.17) is 5.73 Å². The van der Waals surface area contributed by atoms with Crippen molar-refractivity contribution in [1.82, 2.24) is 14.7 Å². The second-order valence-corrected chi connectivity index (χ2v) is 6.70. The molecule has 0 radical (unpaired) electrons. The summed E-state index contributed by atoms with van der Waals surface area (Å²) in [5.74, 6) is 0. The third-order valence-corrected chi connectivity index (χ3v) is 4.19. The summed E-state index contributed by atoms with van der Waals surface area (Å²) in [6.45, 7) is 14.9. The first kappa shape index (κ1) is 15.9. The van der Waals surface area contributed by atoms with Gasteiger partial charge in [-0.1, -0.05) is 13.8 Å². The van der Waals surface area contributed by atoms with Gasteiger partial charge in [0.25, 0.3) is 0 Å². The van der Waals surface area contributed by atoms with E-state index in [-0.39, 0.29) is 11.5 Å². The number of hydrogen-bond acceptors (Lipinski definition) is 4. The van der Waals surface area contributed by atoms with E-state index in [0.717, 1.165) is 13.1 Å². The fraction of sp³-hybridized carbons (Fsp3) is 1.00. The van der Waals surface area contributed by atoms with Crippen LogP contribution < -0.4 is 5.73 Å². The summed E-state index contributed by atoms with van der Waals surface area (Å²) in [6.07, 6.45) is 0. The maximum Gasteiger partial charge on any atom is 0.0110 e. The SMILES string of the molecule is CC(N)C(C)(C)CN1CCN(CCN(C)C)CC1. The highest BCUT2D eigenvalue weighted by Crippen LogP contribution is 2.21. The van der Waals surface area contributed by atoms with Crippen LogP contribution in [0, 0.1) is 5.41 Å². The zero-order valence-corrected chi connectivity index (χ0v) is 12.9. The fourth-order valence-electron chi connectivity index (χ4n) is 2.23. The van der Waals surface area contributed by atoms with Crippen molar-refractivity contribution >= 4 is 0 Å². The number of nitrogens with zero attached hydrogens (tertiary/aromatic N) is 3. The van der Waals surface area contributed by atoms with E-state index in [1.54, 1.807) is 0 Å². The van der Waals surface area contributed by atoms with Gasteiger partial charge in [-0.05, 0) is 26.4 Å². The molecule has 1 unspecified atom stereocenters. The first-order valence-corrected chi connectivity index (χ1v) is 7.16. The molecule has 0 spiro atoms. The second kappa shape index (κ2) is 6.85. The lowest BCUT2D eigenvalue weighted by Crippen LogP contribution is -2.52. The molecule has 1 aliphatic rings. The van der Waals surface area contributed by atoms with Gasteiger partial charge in [-0.2, -0.15) is 0 Å². The molecule has 1 saturated heterocycles. The Labute approximate surface area is 113 Å². The van der Waals surface area contributed by atoms with E-state index in [2.05, 4.69) is 49.6 Å². The van der Waals surface area contributed by atoms with Crippen LogP contribution in [0.1, 0.15) is 20.8 Å². The molecule has 1 heterocycles. The van der Waals surface area contributed by atoms with Gasteiger partial charge >= 0.3 is 0 Å². The molecule has 0 aromatic heterocycles. The molecule has 2 N–H and O–H groups in total. The van der Waals surface area contributed by atoms with Crippen LogP contribution in [0.5, 0.6) is 0 Å². The number of rotatable bonds is 6. The molecular weight excluding hydrogens is 224 g/mol. The Morgan fingerprint density at radius 3 is 2.06 bits per heavy atom. The quantitative estimate of drug-likeness (QED) is 0.752. The molecule has 4 nitrogen and oxygen atoms in total. The smallest absolute Gasteiger partial charge is 0.0110 e. The lowest BCUT2D eigenvalue weighted by molar-refractivity contribution is 0.0857. The minimum absolute atomic E-state index is 0.214. The summed E-state index contributed by atoms with van der Waals surface area (Å²) in [5.41, 5.74) is 6.27. The zero-order chi connectivity index (χ0) is 13.8. The van der Waals surface area contributed by atoms with Gasteiger partial charge in [0.2, 0.25) is 0 Å². The average molecular weight is 256 g/mol. The molecular formula is C14H32N4.